The maximum absolute atomic E-state index is 12.6. The van der Waals surface area contributed by atoms with E-state index < -0.39 is 17.4 Å². The molecule has 1 aromatic heterocycles. The van der Waals surface area contributed by atoms with Crippen LogP contribution in [-0.2, 0) is 6.73 Å². The number of carbonyl (C=O) groups is 1. The smallest absolute Gasteiger partial charge is 0.387 e. The fraction of sp³-hybridized carbons (Fsp3) is 0.158. The molecule has 0 saturated carbocycles. The molecule has 0 aliphatic carbocycles. The second-order valence-electron chi connectivity index (χ2n) is 6.22. The number of nitrogens with zero attached hydrogens (tertiary/aromatic N) is 3. The van der Waals surface area contributed by atoms with Crippen molar-refractivity contribution in [1.82, 2.24) is 9.78 Å². The molecular formula is C19H15ClF2N4O5. The topological polar surface area (TPSA) is 109 Å². The molecule has 0 atom stereocenters. The van der Waals surface area contributed by atoms with E-state index in [1.54, 1.807) is 13.0 Å². The number of nitro benzene ring substituents is 1. The first-order valence-electron chi connectivity index (χ1n) is 8.70. The van der Waals surface area contributed by atoms with Crippen LogP contribution in [0.1, 0.15) is 16.1 Å². The van der Waals surface area contributed by atoms with Crippen LogP contribution in [0.5, 0.6) is 11.5 Å². The van der Waals surface area contributed by atoms with E-state index in [0.29, 0.717) is 5.56 Å². The first-order chi connectivity index (χ1) is 14.7. The van der Waals surface area contributed by atoms with Crippen molar-refractivity contribution in [3.63, 3.8) is 0 Å². The number of benzene rings is 2. The summed E-state index contributed by atoms with van der Waals surface area (Å²) in [7, 11) is 0. The maximum atomic E-state index is 12.6. The summed E-state index contributed by atoms with van der Waals surface area (Å²) in [4.78, 5) is 22.6. The van der Waals surface area contributed by atoms with Crippen molar-refractivity contribution in [1.29, 1.82) is 0 Å². The molecule has 9 nitrogen and oxygen atoms in total. The molecule has 1 amide bonds. The van der Waals surface area contributed by atoms with E-state index >= 15 is 0 Å². The maximum Gasteiger partial charge on any atom is 0.387 e. The Balaban J connectivity index is 1.66. The van der Waals surface area contributed by atoms with Crippen molar-refractivity contribution in [2.75, 3.05) is 5.32 Å². The summed E-state index contributed by atoms with van der Waals surface area (Å²) in [5.41, 5.74) is 0.572. The molecule has 0 radical (unpaired) electrons. The van der Waals surface area contributed by atoms with Gasteiger partial charge in [0.2, 0.25) is 0 Å². The Kier molecular flexibility index (Phi) is 6.65. The van der Waals surface area contributed by atoms with Crippen molar-refractivity contribution >= 4 is 28.9 Å². The van der Waals surface area contributed by atoms with Gasteiger partial charge in [-0.05, 0) is 36.8 Å². The highest BCUT2D eigenvalue weighted by atomic mass is 35.5. The van der Waals surface area contributed by atoms with Gasteiger partial charge in [0.05, 0.1) is 15.6 Å². The van der Waals surface area contributed by atoms with Crippen molar-refractivity contribution in [2.45, 2.75) is 20.3 Å². The molecule has 0 saturated heterocycles. The minimum atomic E-state index is -3.04. The average molecular weight is 453 g/mol. The van der Waals surface area contributed by atoms with Crippen molar-refractivity contribution < 1.29 is 28.0 Å². The molecule has 3 aromatic rings. The number of anilines is 1. The lowest BCUT2D eigenvalue weighted by Gasteiger charge is -2.12. The van der Waals surface area contributed by atoms with Crippen LogP contribution in [0.4, 0.5) is 20.2 Å². The number of carbonyl (C=O) groups excluding carboxylic acids is 1. The summed E-state index contributed by atoms with van der Waals surface area (Å²) < 4.78 is 36.4. The van der Waals surface area contributed by atoms with Crippen LogP contribution < -0.4 is 14.8 Å². The monoisotopic (exact) mass is 452 g/mol. The molecular weight excluding hydrogens is 438 g/mol. The third kappa shape index (κ3) is 5.66. The number of ether oxygens (including phenoxy) is 2. The number of alkyl halides is 2. The minimum Gasteiger partial charge on any atom is -0.470 e. The summed E-state index contributed by atoms with van der Waals surface area (Å²) in [6, 6.07) is 9.60. The Morgan fingerprint density at radius 2 is 2.03 bits per heavy atom. The number of hydrogen-bond acceptors (Lipinski definition) is 6. The summed E-state index contributed by atoms with van der Waals surface area (Å²) in [5.74, 6) is -0.615. The van der Waals surface area contributed by atoms with E-state index in [9.17, 15) is 23.7 Å². The van der Waals surface area contributed by atoms with Crippen molar-refractivity contribution in [2.24, 2.45) is 0 Å². The summed E-state index contributed by atoms with van der Waals surface area (Å²) in [5, 5.41) is 17.3. The number of aromatic nitrogens is 2. The number of hydrogen-bond donors (Lipinski definition) is 1. The zero-order valence-electron chi connectivity index (χ0n) is 15.9. The van der Waals surface area contributed by atoms with Gasteiger partial charge in [0.25, 0.3) is 11.6 Å². The lowest BCUT2D eigenvalue weighted by molar-refractivity contribution is -0.384. The molecule has 12 heteroatoms. The van der Waals surface area contributed by atoms with Crippen LogP contribution in [0, 0.1) is 17.0 Å². The normalized spacial score (nSPS) is 10.7. The van der Waals surface area contributed by atoms with Gasteiger partial charge in [-0.25, -0.2) is 4.68 Å². The number of non-ortho nitro benzene ring substituents is 1. The van der Waals surface area contributed by atoms with Crippen LogP contribution in [0.3, 0.4) is 0 Å². The molecule has 0 unspecified atom stereocenters. The van der Waals surface area contributed by atoms with Crippen LogP contribution in [-0.4, -0.2) is 27.2 Å². The lowest BCUT2D eigenvalue weighted by atomic mass is 10.2. The highest BCUT2D eigenvalue weighted by Gasteiger charge is 2.16. The SMILES string of the molecule is Cc1ccc(NC(=O)c2ccn(COc3ccc([N+](=O)[O-])cc3Cl)n2)c(OC(F)F)c1. The predicted molar refractivity (Wildman–Crippen MR) is 107 cm³/mol. The molecule has 0 fully saturated rings. The van der Waals surface area contributed by atoms with Crippen LogP contribution in [0.15, 0.2) is 48.7 Å². The van der Waals surface area contributed by atoms with Gasteiger partial charge in [0.15, 0.2) is 12.4 Å². The van der Waals surface area contributed by atoms with E-state index in [1.807, 2.05) is 0 Å². The molecule has 1 heterocycles. The molecule has 31 heavy (non-hydrogen) atoms. The van der Waals surface area contributed by atoms with Crippen LogP contribution in [0.2, 0.25) is 5.02 Å². The number of aryl methyl sites for hydroxylation is 1. The number of nitrogens with one attached hydrogen (secondary N) is 1. The molecule has 2 aromatic carbocycles. The number of halogens is 3. The van der Waals surface area contributed by atoms with Crippen molar-refractivity contribution in [3.05, 3.63) is 75.1 Å². The Bertz CT molecular complexity index is 1120. The lowest BCUT2D eigenvalue weighted by Crippen LogP contribution is -2.15. The van der Waals surface area contributed by atoms with Crippen LogP contribution >= 0.6 is 11.6 Å². The van der Waals surface area contributed by atoms with Gasteiger partial charge in [-0.1, -0.05) is 17.7 Å². The van der Waals surface area contributed by atoms with Crippen LogP contribution in [0.25, 0.3) is 0 Å². The first kappa shape index (κ1) is 22.0. The van der Waals surface area contributed by atoms with Gasteiger partial charge < -0.3 is 14.8 Å². The van der Waals surface area contributed by atoms with E-state index in [4.69, 9.17) is 16.3 Å². The van der Waals surface area contributed by atoms with E-state index in [-0.39, 0.29) is 40.3 Å². The Morgan fingerprint density at radius 3 is 2.71 bits per heavy atom. The fourth-order valence-corrected chi connectivity index (χ4v) is 2.75. The molecule has 3 rings (SSSR count). The predicted octanol–water partition coefficient (Wildman–Crippen LogP) is 4.64. The minimum absolute atomic E-state index is 0.00182. The van der Waals surface area contributed by atoms with E-state index in [2.05, 4.69) is 15.2 Å². The second kappa shape index (κ2) is 9.39. The Morgan fingerprint density at radius 1 is 1.26 bits per heavy atom. The molecule has 0 spiro atoms. The van der Waals surface area contributed by atoms with Crippen molar-refractivity contribution in [3.8, 4) is 11.5 Å². The summed E-state index contributed by atoms with van der Waals surface area (Å²) in [6.07, 6.45) is 1.46. The Labute approximate surface area is 179 Å². The van der Waals surface area contributed by atoms with Gasteiger partial charge in [0, 0.05) is 18.3 Å². The van der Waals surface area contributed by atoms with Gasteiger partial charge in [-0.15, -0.1) is 0 Å². The summed E-state index contributed by atoms with van der Waals surface area (Å²) >= 11 is 5.96. The third-order valence-corrected chi connectivity index (χ3v) is 4.25. The van der Waals surface area contributed by atoms with E-state index in [0.717, 1.165) is 6.07 Å². The number of rotatable bonds is 8. The van der Waals surface area contributed by atoms with E-state index in [1.165, 1.54) is 41.2 Å². The van der Waals surface area contributed by atoms with Gasteiger partial charge in [-0.2, -0.15) is 13.9 Å². The van der Waals surface area contributed by atoms with Gasteiger partial charge in [0.1, 0.15) is 11.5 Å². The molecule has 0 aliphatic heterocycles. The quantitative estimate of drug-likeness (QED) is 0.394. The van der Waals surface area contributed by atoms with Gasteiger partial charge in [-0.3, -0.25) is 14.9 Å². The number of amides is 1. The molecule has 162 valence electrons. The van der Waals surface area contributed by atoms with Gasteiger partial charge >= 0.3 is 6.61 Å². The molecule has 1 N–H and O–H groups in total. The average Bonchev–Trinajstić information content (AvgIpc) is 3.17. The molecule has 0 aliphatic rings. The standard InChI is InChI=1S/C19H15ClF2N4O5/c1-11-2-4-14(17(8-11)31-19(21)22)23-18(27)15-6-7-25(24-15)10-30-16-5-3-12(26(28)29)9-13(16)20/h2-9,19H,10H2,1H3,(H,23,27). The fourth-order valence-electron chi connectivity index (χ4n) is 2.52. The largest absolute Gasteiger partial charge is 0.470 e. The highest BCUT2D eigenvalue weighted by Crippen LogP contribution is 2.29. The second-order valence-corrected chi connectivity index (χ2v) is 6.63. The highest BCUT2D eigenvalue weighted by molar-refractivity contribution is 6.32. The molecule has 0 bridgehead atoms. The Hall–Kier alpha value is -3.73. The third-order valence-electron chi connectivity index (χ3n) is 3.95. The summed E-state index contributed by atoms with van der Waals surface area (Å²) in [6.45, 7) is -1.47. The zero-order chi connectivity index (χ0) is 22.5. The first-order valence-corrected chi connectivity index (χ1v) is 9.07. The zero-order valence-corrected chi connectivity index (χ0v) is 16.7. The number of nitro groups is 1.